The van der Waals surface area contributed by atoms with E-state index in [1.807, 2.05) is 16.7 Å². The number of aromatic hydroxyl groups is 2. The molecule has 0 spiro atoms. The third kappa shape index (κ3) is 2.18. The van der Waals surface area contributed by atoms with Gasteiger partial charge in [-0.05, 0) is 24.0 Å². The second-order valence-electron chi connectivity index (χ2n) is 4.22. The lowest BCUT2D eigenvalue weighted by Crippen LogP contribution is -1.96. The number of thioether (sulfide) groups is 1. The van der Waals surface area contributed by atoms with Crippen molar-refractivity contribution in [1.29, 1.82) is 0 Å². The first-order valence-corrected chi connectivity index (χ1v) is 7.17. The van der Waals surface area contributed by atoms with E-state index in [4.69, 9.17) is 0 Å². The Morgan fingerprint density at radius 3 is 2.80 bits per heavy atom. The van der Waals surface area contributed by atoms with Crippen LogP contribution < -0.4 is 0 Å². The molecule has 0 saturated carbocycles. The molecule has 5 nitrogen and oxygen atoms in total. The number of aromatic nitrogens is 3. The molecule has 0 radical (unpaired) electrons. The van der Waals surface area contributed by atoms with Gasteiger partial charge in [-0.3, -0.25) is 4.40 Å². The third-order valence-electron chi connectivity index (χ3n) is 2.90. The Kier molecular flexibility index (Phi) is 3.23. The summed E-state index contributed by atoms with van der Waals surface area (Å²) in [5.74, 6) is 0.612. The van der Waals surface area contributed by atoms with Crippen molar-refractivity contribution >= 4 is 17.4 Å². The summed E-state index contributed by atoms with van der Waals surface area (Å²) in [6.45, 7) is 2.06. The van der Waals surface area contributed by atoms with E-state index < -0.39 is 0 Å². The van der Waals surface area contributed by atoms with Crippen molar-refractivity contribution in [2.75, 3.05) is 5.75 Å². The predicted molar refractivity (Wildman–Crippen MR) is 78.2 cm³/mol. The average Bonchev–Trinajstić information content (AvgIpc) is 2.90. The minimum atomic E-state index is -0.155. The second kappa shape index (κ2) is 5.05. The average molecular weight is 287 g/mol. The van der Waals surface area contributed by atoms with Crippen molar-refractivity contribution in [3.63, 3.8) is 0 Å². The number of imidazole rings is 1. The summed E-state index contributed by atoms with van der Waals surface area (Å²) < 4.78 is 1.93. The Morgan fingerprint density at radius 1 is 1.20 bits per heavy atom. The van der Waals surface area contributed by atoms with E-state index in [0.29, 0.717) is 0 Å². The van der Waals surface area contributed by atoms with Gasteiger partial charge in [-0.1, -0.05) is 18.7 Å². The number of hydrogen-bond donors (Lipinski definition) is 2. The Balaban J connectivity index is 2.17. The van der Waals surface area contributed by atoms with Crippen LogP contribution in [-0.4, -0.2) is 30.3 Å². The first kappa shape index (κ1) is 12.8. The minimum Gasteiger partial charge on any atom is -0.504 e. The molecule has 0 aliphatic heterocycles. The van der Waals surface area contributed by atoms with Crippen molar-refractivity contribution in [2.45, 2.75) is 12.1 Å². The first-order valence-electron chi connectivity index (χ1n) is 6.18. The van der Waals surface area contributed by atoms with E-state index in [2.05, 4.69) is 16.9 Å². The SMILES string of the molecule is CCSc1nc(-c2ccc(O)c(O)c2)cc2nccn12. The molecule has 20 heavy (non-hydrogen) atoms. The first-order chi connectivity index (χ1) is 9.69. The van der Waals surface area contributed by atoms with Crippen LogP contribution in [0.5, 0.6) is 11.5 Å². The molecule has 2 heterocycles. The third-order valence-corrected chi connectivity index (χ3v) is 3.74. The standard InChI is InChI=1S/C14H13N3O2S/c1-2-20-14-16-10(8-13-15-5-6-17(13)14)9-3-4-11(18)12(19)7-9/h3-8,18-19H,2H2,1H3. The molecule has 0 aliphatic rings. The summed E-state index contributed by atoms with van der Waals surface area (Å²) in [6.07, 6.45) is 3.60. The van der Waals surface area contributed by atoms with Gasteiger partial charge in [0.15, 0.2) is 16.7 Å². The quantitative estimate of drug-likeness (QED) is 0.440. The van der Waals surface area contributed by atoms with Gasteiger partial charge in [0.05, 0.1) is 5.69 Å². The summed E-state index contributed by atoms with van der Waals surface area (Å²) >= 11 is 1.63. The van der Waals surface area contributed by atoms with Crippen molar-refractivity contribution in [3.05, 3.63) is 36.7 Å². The summed E-state index contributed by atoms with van der Waals surface area (Å²) in [5.41, 5.74) is 2.26. The highest BCUT2D eigenvalue weighted by molar-refractivity contribution is 7.99. The molecule has 3 aromatic rings. The van der Waals surface area contributed by atoms with Crippen LogP contribution in [0.4, 0.5) is 0 Å². The van der Waals surface area contributed by atoms with Gasteiger partial charge in [-0.15, -0.1) is 0 Å². The molecule has 0 saturated heterocycles. The lowest BCUT2D eigenvalue weighted by Gasteiger charge is -2.08. The molecule has 102 valence electrons. The van der Waals surface area contributed by atoms with E-state index in [1.165, 1.54) is 12.1 Å². The van der Waals surface area contributed by atoms with Crippen molar-refractivity contribution in [2.24, 2.45) is 0 Å². The highest BCUT2D eigenvalue weighted by Gasteiger charge is 2.10. The van der Waals surface area contributed by atoms with Gasteiger partial charge >= 0.3 is 0 Å². The van der Waals surface area contributed by atoms with E-state index in [0.717, 1.165) is 27.8 Å². The number of phenolic OH excluding ortho intramolecular Hbond substituents is 2. The summed E-state index contributed by atoms with van der Waals surface area (Å²) in [7, 11) is 0. The van der Waals surface area contributed by atoms with Gasteiger partial charge < -0.3 is 10.2 Å². The smallest absolute Gasteiger partial charge is 0.174 e. The molecule has 3 rings (SSSR count). The molecule has 0 atom stereocenters. The normalized spacial score (nSPS) is 11.1. The molecule has 0 unspecified atom stereocenters. The lowest BCUT2D eigenvalue weighted by atomic mass is 10.1. The van der Waals surface area contributed by atoms with Crippen LogP contribution in [-0.2, 0) is 0 Å². The monoisotopic (exact) mass is 287 g/mol. The maximum atomic E-state index is 9.60. The topological polar surface area (TPSA) is 70.7 Å². The second-order valence-corrected chi connectivity index (χ2v) is 5.45. The number of rotatable bonds is 3. The van der Waals surface area contributed by atoms with Crippen LogP contribution in [0.2, 0.25) is 0 Å². The molecule has 6 heteroatoms. The van der Waals surface area contributed by atoms with Gasteiger partial charge in [0, 0.05) is 24.0 Å². The highest BCUT2D eigenvalue weighted by Crippen LogP contribution is 2.31. The largest absolute Gasteiger partial charge is 0.504 e. The Bertz CT molecular complexity index is 770. The molecule has 0 aliphatic carbocycles. The van der Waals surface area contributed by atoms with Crippen molar-refractivity contribution < 1.29 is 10.2 Å². The zero-order chi connectivity index (χ0) is 14.1. The summed E-state index contributed by atoms with van der Waals surface area (Å²) in [6, 6.07) is 6.52. The van der Waals surface area contributed by atoms with Crippen LogP contribution in [0.1, 0.15) is 6.92 Å². The van der Waals surface area contributed by atoms with Gasteiger partial charge in [-0.25, -0.2) is 9.97 Å². The van der Waals surface area contributed by atoms with Gasteiger partial charge in [0.1, 0.15) is 5.65 Å². The fraction of sp³-hybridized carbons (Fsp3) is 0.143. The number of fused-ring (bicyclic) bond motifs is 1. The van der Waals surface area contributed by atoms with Crippen molar-refractivity contribution in [3.8, 4) is 22.8 Å². The van der Waals surface area contributed by atoms with Gasteiger partial charge in [-0.2, -0.15) is 0 Å². The Morgan fingerprint density at radius 2 is 2.05 bits per heavy atom. The number of hydrogen-bond acceptors (Lipinski definition) is 5. The van der Waals surface area contributed by atoms with E-state index >= 15 is 0 Å². The number of phenols is 2. The summed E-state index contributed by atoms with van der Waals surface area (Å²) in [5, 5.41) is 19.8. The highest BCUT2D eigenvalue weighted by atomic mass is 32.2. The lowest BCUT2D eigenvalue weighted by molar-refractivity contribution is 0.404. The fourth-order valence-electron chi connectivity index (χ4n) is 1.96. The van der Waals surface area contributed by atoms with Crippen molar-refractivity contribution in [1.82, 2.24) is 14.4 Å². The van der Waals surface area contributed by atoms with Crippen LogP contribution in [0, 0.1) is 0 Å². The molecule has 0 amide bonds. The molecule has 1 aromatic carbocycles. The Labute approximate surface area is 119 Å². The molecule has 2 N–H and O–H groups in total. The minimum absolute atomic E-state index is 0.140. The van der Waals surface area contributed by atoms with Crippen LogP contribution in [0.25, 0.3) is 16.9 Å². The molecular weight excluding hydrogens is 274 g/mol. The van der Waals surface area contributed by atoms with Gasteiger partial charge in [0.2, 0.25) is 0 Å². The molecule has 2 aromatic heterocycles. The maximum absolute atomic E-state index is 9.60. The van der Waals surface area contributed by atoms with Crippen LogP contribution in [0.3, 0.4) is 0 Å². The zero-order valence-corrected chi connectivity index (χ0v) is 11.6. The zero-order valence-electron chi connectivity index (χ0n) is 10.8. The molecule has 0 fully saturated rings. The number of nitrogens with zero attached hydrogens (tertiary/aromatic N) is 3. The number of benzene rings is 1. The van der Waals surface area contributed by atoms with E-state index in [-0.39, 0.29) is 11.5 Å². The van der Waals surface area contributed by atoms with Crippen LogP contribution in [0.15, 0.2) is 41.8 Å². The predicted octanol–water partition coefficient (Wildman–Crippen LogP) is 2.92. The molecule has 0 bridgehead atoms. The maximum Gasteiger partial charge on any atom is 0.174 e. The molecular formula is C14H13N3O2S. The summed E-state index contributed by atoms with van der Waals surface area (Å²) in [4.78, 5) is 8.88. The van der Waals surface area contributed by atoms with Crippen LogP contribution >= 0.6 is 11.8 Å². The van der Waals surface area contributed by atoms with E-state index in [9.17, 15) is 10.2 Å². The van der Waals surface area contributed by atoms with Gasteiger partial charge in [0.25, 0.3) is 0 Å². The van der Waals surface area contributed by atoms with E-state index in [1.54, 1.807) is 24.0 Å². The fourth-order valence-corrected chi connectivity index (χ4v) is 2.67. The Hall–Kier alpha value is -2.21.